The fourth-order valence-electron chi connectivity index (χ4n) is 3.44. The third-order valence-corrected chi connectivity index (χ3v) is 5.22. The molecule has 0 fully saturated rings. The molecule has 0 spiro atoms. The molecule has 0 saturated carbocycles. The van der Waals surface area contributed by atoms with E-state index in [1.54, 1.807) is 10.8 Å². The molecule has 0 saturated heterocycles. The van der Waals surface area contributed by atoms with Gasteiger partial charge in [0.25, 0.3) is 5.56 Å². The van der Waals surface area contributed by atoms with Crippen LogP contribution in [0.5, 0.6) is 0 Å². The topological polar surface area (TPSA) is 58.7 Å². The van der Waals surface area contributed by atoms with E-state index in [1.807, 2.05) is 35.7 Å². The number of nitriles is 1. The number of fused-ring (bicyclic) bond motifs is 1. The first kappa shape index (κ1) is 14.9. The van der Waals surface area contributed by atoms with Gasteiger partial charge in [-0.25, -0.2) is 4.98 Å². The second-order valence-corrected chi connectivity index (χ2v) is 6.69. The van der Waals surface area contributed by atoms with Gasteiger partial charge in [-0.2, -0.15) is 5.26 Å². The number of hydrogen-bond donors (Lipinski definition) is 0. The van der Waals surface area contributed by atoms with Crippen LogP contribution in [0, 0.1) is 11.3 Å². The Morgan fingerprint density at radius 2 is 1.88 bits per heavy atom. The van der Waals surface area contributed by atoms with Crippen molar-refractivity contribution in [3.8, 4) is 22.5 Å². The summed E-state index contributed by atoms with van der Waals surface area (Å²) < 4.78 is 1.63. The predicted molar refractivity (Wildman–Crippen MR) is 94.5 cm³/mol. The average molecular weight is 333 g/mol. The van der Waals surface area contributed by atoms with E-state index >= 15 is 0 Å². The highest BCUT2D eigenvalue weighted by Crippen LogP contribution is 2.33. The maximum Gasteiger partial charge on any atom is 0.275 e. The average Bonchev–Trinajstić information content (AvgIpc) is 3.15. The van der Waals surface area contributed by atoms with E-state index in [1.165, 1.54) is 11.3 Å². The Morgan fingerprint density at radius 3 is 2.54 bits per heavy atom. The van der Waals surface area contributed by atoms with Crippen molar-refractivity contribution in [1.82, 2.24) is 9.55 Å². The maximum atomic E-state index is 13.1. The first-order valence-corrected chi connectivity index (χ1v) is 8.85. The molecule has 0 unspecified atom stereocenters. The summed E-state index contributed by atoms with van der Waals surface area (Å²) in [7, 11) is 0. The molecular formula is C19H15N3OS. The quantitative estimate of drug-likeness (QED) is 0.718. The molecule has 4 rings (SSSR count). The second-order valence-electron chi connectivity index (χ2n) is 5.82. The molecule has 0 bridgehead atoms. The summed E-state index contributed by atoms with van der Waals surface area (Å²) in [5, 5.41) is 12.0. The van der Waals surface area contributed by atoms with Crippen LogP contribution >= 0.6 is 11.3 Å². The molecule has 1 aliphatic carbocycles. The Labute approximate surface area is 143 Å². The van der Waals surface area contributed by atoms with Crippen molar-refractivity contribution >= 4 is 11.3 Å². The fraction of sp³-hybridized carbons (Fsp3) is 0.211. The largest absolute Gasteiger partial charge is 0.275 e. The van der Waals surface area contributed by atoms with Crippen LogP contribution in [0.25, 0.3) is 16.4 Å². The van der Waals surface area contributed by atoms with E-state index in [9.17, 15) is 10.1 Å². The molecule has 0 N–H and O–H groups in total. The van der Waals surface area contributed by atoms with Crippen LogP contribution in [0.3, 0.4) is 0 Å². The second kappa shape index (κ2) is 6.06. The third kappa shape index (κ3) is 2.27. The summed E-state index contributed by atoms with van der Waals surface area (Å²) in [5.74, 6) is 0. The van der Waals surface area contributed by atoms with Gasteiger partial charge in [0, 0.05) is 11.6 Å². The van der Waals surface area contributed by atoms with E-state index < -0.39 is 0 Å². The standard InChI is InChI=1S/C19H15N3OS/c20-12-16-14-8-4-5-9-15(14)17(13-6-2-1-3-7-13)22(18(16)23)19-21-10-11-24-19/h1-3,6-7,10-11H,4-5,8-9H2. The van der Waals surface area contributed by atoms with Crippen molar-refractivity contribution in [2.45, 2.75) is 25.7 Å². The Balaban J connectivity index is 2.16. The van der Waals surface area contributed by atoms with Crippen LogP contribution in [0.15, 0.2) is 46.7 Å². The SMILES string of the molecule is N#Cc1c2c(c(-c3ccccc3)n(-c3nccs3)c1=O)CCCC2. The minimum absolute atomic E-state index is 0.257. The molecule has 0 aliphatic heterocycles. The van der Waals surface area contributed by atoms with Gasteiger partial charge in [0.1, 0.15) is 11.6 Å². The van der Waals surface area contributed by atoms with Crippen LogP contribution in [0.4, 0.5) is 0 Å². The molecule has 4 nitrogen and oxygen atoms in total. The molecule has 2 aromatic heterocycles. The van der Waals surface area contributed by atoms with Crippen molar-refractivity contribution in [2.75, 3.05) is 0 Å². The lowest BCUT2D eigenvalue weighted by Gasteiger charge is -2.23. The summed E-state index contributed by atoms with van der Waals surface area (Å²) in [6.45, 7) is 0. The molecule has 0 radical (unpaired) electrons. The molecule has 0 amide bonds. The molecule has 2 heterocycles. The summed E-state index contributed by atoms with van der Waals surface area (Å²) in [6, 6.07) is 12.1. The van der Waals surface area contributed by atoms with Gasteiger partial charge in [0.2, 0.25) is 0 Å². The molecule has 24 heavy (non-hydrogen) atoms. The van der Waals surface area contributed by atoms with Gasteiger partial charge < -0.3 is 0 Å². The molecular weight excluding hydrogens is 318 g/mol. The summed E-state index contributed by atoms with van der Waals surface area (Å²) >= 11 is 1.41. The van der Waals surface area contributed by atoms with Crippen LogP contribution in [0.2, 0.25) is 0 Å². The Morgan fingerprint density at radius 1 is 1.12 bits per heavy atom. The Kier molecular flexibility index (Phi) is 3.75. The molecule has 1 aromatic carbocycles. The molecule has 118 valence electrons. The van der Waals surface area contributed by atoms with Gasteiger partial charge in [-0.05, 0) is 42.4 Å². The van der Waals surface area contributed by atoms with Crippen LogP contribution in [-0.4, -0.2) is 9.55 Å². The molecule has 0 atom stereocenters. The van der Waals surface area contributed by atoms with Gasteiger partial charge >= 0.3 is 0 Å². The highest BCUT2D eigenvalue weighted by atomic mass is 32.1. The van der Waals surface area contributed by atoms with Crippen molar-refractivity contribution in [1.29, 1.82) is 5.26 Å². The minimum atomic E-state index is -0.257. The van der Waals surface area contributed by atoms with E-state index in [4.69, 9.17) is 0 Å². The minimum Gasteiger partial charge on any atom is -0.267 e. The zero-order valence-corrected chi connectivity index (χ0v) is 13.8. The third-order valence-electron chi connectivity index (χ3n) is 4.47. The summed E-state index contributed by atoms with van der Waals surface area (Å²) in [6.07, 6.45) is 5.48. The Bertz CT molecular complexity index is 982. The first-order valence-electron chi connectivity index (χ1n) is 7.97. The molecule has 1 aliphatic rings. The number of nitrogens with zero attached hydrogens (tertiary/aromatic N) is 3. The predicted octanol–water partition coefficient (Wildman–Crippen LogP) is 3.71. The van der Waals surface area contributed by atoms with Gasteiger partial charge in [-0.1, -0.05) is 30.3 Å². The summed E-state index contributed by atoms with van der Waals surface area (Å²) in [4.78, 5) is 17.4. The van der Waals surface area contributed by atoms with Crippen LogP contribution < -0.4 is 5.56 Å². The van der Waals surface area contributed by atoms with Gasteiger partial charge in [0.15, 0.2) is 5.13 Å². The van der Waals surface area contributed by atoms with Crippen LogP contribution in [-0.2, 0) is 12.8 Å². The highest BCUT2D eigenvalue weighted by Gasteiger charge is 2.25. The van der Waals surface area contributed by atoms with E-state index in [2.05, 4.69) is 11.1 Å². The number of thiazole rings is 1. The number of rotatable bonds is 2. The first-order chi connectivity index (χ1) is 11.8. The summed E-state index contributed by atoms with van der Waals surface area (Å²) in [5.41, 5.74) is 3.96. The van der Waals surface area contributed by atoms with E-state index in [0.717, 1.165) is 48.1 Å². The lowest BCUT2D eigenvalue weighted by molar-refractivity contribution is 0.675. The maximum absolute atomic E-state index is 13.1. The number of aromatic nitrogens is 2. The van der Waals surface area contributed by atoms with E-state index in [0.29, 0.717) is 5.13 Å². The molecule has 5 heteroatoms. The number of hydrogen-bond acceptors (Lipinski definition) is 4. The zero-order valence-electron chi connectivity index (χ0n) is 13.0. The van der Waals surface area contributed by atoms with E-state index in [-0.39, 0.29) is 11.1 Å². The number of benzene rings is 1. The monoisotopic (exact) mass is 333 g/mol. The van der Waals surface area contributed by atoms with Crippen LogP contribution in [0.1, 0.15) is 29.5 Å². The number of pyridine rings is 1. The zero-order chi connectivity index (χ0) is 16.5. The lowest BCUT2D eigenvalue weighted by Crippen LogP contribution is -2.28. The smallest absolute Gasteiger partial charge is 0.267 e. The van der Waals surface area contributed by atoms with Gasteiger partial charge in [-0.15, -0.1) is 11.3 Å². The lowest BCUT2D eigenvalue weighted by atomic mass is 9.86. The van der Waals surface area contributed by atoms with Crippen molar-refractivity contribution in [3.05, 3.63) is 69.0 Å². The highest BCUT2D eigenvalue weighted by molar-refractivity contribution is 7.12. The van der Waals surface area contributed by atoms with Gasteiger partial charge in [-0.3, -0.25) is 9.36 Å². The van der Waals surface area contributed by atoms with Gasteiger partial charge in [0.05, 0.1) is 5.69 Å². The van der Waals surface area contributed by atoms with Crippen molar-refractivity contribution in [2.24, 2.45) is 0 Å². The molecule has 3 aromatic rings. The normalized spacial score (nSPS) is 13.3. The van der Waals surface area contributed by atoms with Crippen molar-refractivity contribution < 1.29 is 0 Å². The Hall–Kier alpha value is -2.71. The van der Waals surface area contributed by atoms with Crippen molar-refractivity contribution in [3.63, 3.8) is 0 Å². The fourth-order valence-corrected chi connectivity index (χ4v) is 4.09.